The molecule has 1 aliphatic rings. The van der Waals surface area contributed by atoms with E-state index in [1.54, 1.807) is 4.90 Å². The van der Waals surface area contributed by atoms with E-state index in [9.17, 15) is 19.1 Å². The Kier molecular flexibility index (Phi) is 7.04. The number of anilines is 1. The Morgan fingerprint density at radius 2 is 2.08 bits per heavy atom. The van der Waals surface area contributed by atoms with Crippen LogP contribution in [0.25, 0.3) is 28.1 Å². The molecule has 4 aromatic rings. The van der Waals surface area contributed by atoms with E-state index in [-0.39, 0.29) is 45.4 Å². The number of aromatic nitrogens is 5. The number of hydrogen-bond donors (Lipinski definition) is 1. The molecule has 0 saturated carbocycles. The minimum atomic E-state index is -0.738. The average Bonchev–Trinajstić information content (AvgIpc) is 3.36. The zero-order valence-electron chi connectivity index (χ0n) is 21.3. The fourth-order valence-corrected chi connectivity index (χ4v) is 5.05. The first-order chi connectivity index (χ1) is 18.7. The minimum Gasteiger partial charge on any atom is -0.507 e. The molecule has 0 spiro atoms. The number of phenolic OH excluding ortho intramolecular Hbond substituents is 1. The van der Waals surface area contributed by atoms with Crippen LogP contribution in [0.3, 0.4) is 0 Å². The predicted octanol–water partition coefficient (Wildman–Crippen LogP) is 3.50. The number of pyridine rings is 1. The first-order valence-corrected chi connectivity index (χ1v) is 12.7. The van der Waals surface area contributed by atoms with Crippen molar-refractivity contribution in [2.45, 2.75) is 32.7 Å². The Balaban J connectivity index is 1.77. The van der Waals surface area contributed by atoms with Gasteiger partial charge in [-0.3, -0.25) is 4.79 Å². The number of hydrogen-bond acceptors (Lipinski definition) is 9. The number of carbonyl (C=O) groups excluding carboxylic acids is 1. The van der Waals surface area contributed by atoms with E-state index in [4.69, 9.17) is 16.2 Å². The van der Waals surface area contributed by atoms with Crippen molar-refractivity contribution in [2.75, 3.05) is 24.5 Å². The monoisotopic (exact) mass is 553 g/mol. The molecule has 202 valence electrons. The van der Waals surface area contributed by atoms with Gasteiger partial charge in [0, 0.05) is 25.7 Å². The highest BCUT2D eigenvalue weighted by molar-refractivity contribution is 6.34. The summed E-state index contributed by atoms with van der Waals surface area (Å²) in [5, 5.41) is 18.7. The molecule has 4 heterocycles. The van der Waals surface area contributed by atoms with E-state index >= 15 is 0 Å². The summed E-state index contributed by atoms with van der Waals surface area (Å²) in [5.74, 6) is -0.872. The summed E-state index contributed by atoms with van der Waals surface area (Å²) in [6.45, 7) is 8.55. The first kappa shape index (κ1) is 26.3. The molecular weight excluding hydrogens is 529 g/mol. The van der Waals surface area contributed by atoms with E-state index in [2.05, 4.69) is 26.9 Å². The number of carbonyl (C=O) groups is 1. The number of amides is 1. The van der Waals surface area contributed by atoms with Crippen LogP contribution in [0.2, 0.25) is 5.02 Å². The van der Waals surface area contributed by atoms with E-state index in [0.29, 0.717) is 49.4 Å². The topological polar surface area (TPSA) is 130 Å². The zero-order valence-corrected chi connectivity index (χ0v) is 22.0. The van der Waals surface area contributed by atoms with E-state index in [0.717, 1.165) is 4.57 Å². The quantitative estimate of drug-likeness (QED) is 0.356. The number of nitrogens with zero attached hydrogens (tertiary/aromatic N) is 7. The second-order valence-corrected chi connectivity index (χ2v) is 9.60. The van der Waals surface area contributed by atoms with E-state index < -0.39 is 11.5 Å². The normalized spacial score (nSPS) is 15.6. The molecule has 11 nitrogen and oxygen atoms in total. The number of aromatic hydroxyl groups is 1. The molecule has 1 saturated heterocycles. The Morgan fingerprint density at radius 1 is 1.28 bits per heavy atom. The van der Waals surface area contributed by atoms with Gasteiger partial charge in [-0.1, -0.05) is 42.7 Å². The summed E-state index contributed by atoms with van der Waals surface area (Å²) in [7, 11) is 0. The summed E-state index contributed by atoms with van der Waals surface area (Å²) in [6.07, 6.45) is 2.44. The van der Waals surface area contributed by atoms with Gasteiger partial charge in [0.05, 0.1) is 21.7 Å². The lowest BCUT2D eigenvalue weighted by Crippen LogP contribution is -2.54. The number of phenols is 1. The Labute approximate surface area is 227 Å². The van der Waals surface area contributed by atoms with Crippen molar-refractivity contribution in [3.05, 3.63) is 63.9 Å². The molecule has 1 aromatic carbocycles. The fourth-order valence-electron chi connectivity index (χ4n) is 4.81. The SMILES string of the molecule is C=CC(=O)N1CCN(c2nc(=O)n(-c3nonc3CCC)c3nc(-c4c(O)cccc4F)c(Cl)cc23)[C@@H](C)C1. The van der Waals surface area contributed by atoms with Crippen LogP contribution in [-0.4, -0.2) is 66.4 Å². The molecule has 1 fully saturated rings. The second-order valence-electron chi connectivity index (χ2n) is 9.19. The Morgan fingerprint density at radius 3 is 2.77 bits per heavy atom. The van der Waals surface area contributed by atoms with Crippen LogP contribution in [0.5, 0.6) is 5.75 Å². The molecular formula is C26H25ClFN7O4. The summed E-state index contributed by atoms with van der Waals surface area (Å²) in [6, 6.07) is 5.17. The van der Waals surface area contributed by atoms with Crippen molar-refractivity contribution in [1.29, 1.82) is 0 Å². The lowest BCUT2D eigenvalue weighted by atomic mass is 10.1. The van der Waals surface area contributed by atoms with Crippen LogP contribution in [0, 0.1) is 5.82 Å². The van der Waals surface area contributed by atoms with Crippen LogP contribution < -0.4 is 10.6 Å². The zero-order chi connectivity index (χ0) is 27.8. The smallest absolute Gasteiger partial charge is 0.357 e. The van der Waals surface area contributed by atoms with Crippen LogP contribution in [0.15, 0.2) is 46.3 Å². The van der Waals surface area contributed by atoms with Crippen molar-refractivity contribution in [3.63, 3.8) is 0 Å². The summed E-state index contributed by atoms with van der Waals surface area (Å²) >= 11 is 6.63. The highest BCUT2D eigenvalue weighted by Gasteiger charge is 2.31. The molecule has 0 radical (unpaired) electrons. The molecule has 1 amide bonds. The number of fused-ring (bicyclic) bond motifs is 1. The largest absolute Gasteiger partial charge is 0.507 e. The fraction of sp³-hybridized carbons (Fsp3) is 0.308. The number of rotatable bonds is 6. The maximum absolute atomic E-state index is 14.9. The van der Waals surface area contributed by atoms with E-state index in [1.165, 1.54) is 30.3 Å². The third-order valence-corrected chi connectivity index (χ3v) is 6.94. The molecule has 5 rings (SSSR count). The summed E-state index contributed by atoms with van der Waals surface area (Å²) < 4.78 is 21.0. The van der Waals surface area contributed by atoms with Gasteiger partial charge in [-0.2, -0.15) is 4.98 Å². The van der Waals surface area contributed by atoms with Crippen molar-refractivity contribution in [2.24, 2.45) is 0 Å². The Bertz CT molecular complexity index is 1630. The molecule has 0 unspecified atom stereocenters. The first-order valence-electron chi connectivity index (χ1n) is 12.4. The number of piperazine rings is 1. The van der Waals surface area contributed by atoms with Crippen molar-refractivity contribution in [1.82, 2.24) is 29.7 Å². The number of benzene rings is 1. The molecule has 3 aromatic heterocycles. The number of aryl methyl sites for hydroxylation is 1. The summed E-state index contributed by atoms with van der Waals surface area (Å²) in [5.41, 5.74) is -0.475. The maximum Gasteiger partial charge on any atom is 0.357 e. The van der Waals surface area contributed by atoms with Gasteiger partial charge in [-0.05, 0) is 42.8 Å². The van der Waals surface area contributed by atoms with Gasteiger partial charge >= 0.3 is 5.69 Å². The van der Waals surface area contributed by atoms with Crippen molar-refractivity contribution in [3.8, 4) is 22.8 Å². The van der Waals surface area contributed by atoms with Crippen molar-refractivity contribution < 1.29 is 18.9 Å². The summed E-state index contributed by atoms with van der Waals surface area (Å²) in [4.78, 5) is 38.3. The van der Waals surface area contributed by atoms with Crippen LogP contribution >= 0.6 is 11.6 Å². The standard InChI is InChI=1S/C26H25ClFN7O4/c1-4-7-18-25(32-39-31-18)35-24-15(12-16(27)22(29-24)21-17(28)8-6-9-19(21)36)23(30-26(35)38)34-11-10-33(13-14(34)3)20(37)5-2/h5-6,8-9,12,14,36H,2,4,7,10-11,13H2,1,3H3/t14-/m0/s1. The van der Waals surface area contributed by atoms with E-state index in [1.807, 2.05) is 18.7 Å². The van der Waals surface area contributed by atoms with Gasteiger partial charge in [-0.15, -0.1) is 0 Å². The van der Waals surface area contributed by atoms with Crippen LogP contribution in [-0.2, 0) is 11.2 Å². The minimum absolute atomic E-state index is 0.0383. The van der Waals surface area contributed by atoms with Gasteiger partial charge in [0.2, 0.25) is 11.7 Å². The lowest BCUT2D eigenvalue weighted by Gasteiger charge is -2.40. The van der Waals surface area contributed by atoms with Gasteiger partial charge < -0.3 is 14.9 Å². The van der Waals surface area contributed by atoms with Crippen molar-refractivity contribution >= 4 is 34.4 Å². The van der Waals surface area contributed by atoms with Gasteiger partial charge in [0.1, 0.15) is 23.1 Å². The third-order valence-electron chi connectivity index (χ3n) is 6.65. The molecule has 1 atom stereocenters. The average molecular weight is 554 g/mol. The van der Waals surface area contributed by atoms with Gasteiger partial charge in [0.15, 0.2) is 5.65 Å². The molecule has 1 N–H and O–H groups in total. The second kappa shape index (κ2) is 10.4. The highest BCUT2D eigenvalue weighted by atomic mass is 35.5. The highest BCUT2D eigenvalue weighted by Crippen LogP contribution is 2.38. The van der Waals surface area contributed by atoms with Crippen LogP contribution in [0.4, 0.5) is 10.2 Å². The molecule has 1 aliphatic heterocycles. The molecule has 0 aliphatic carbocycles. The predicted molar refractivity (Wildman–Crippen MR) is 143 cm³/mol. The molecule has 0 bridgehead atoms. The molecule has 39 heavy (non-hydrogen) atoms. The van der Waals surface area contributed by atoms with Crippen LogP contribution in [0.1, 0.15) is 26.0 Å². The lowest BCUT2D eigenvalue weighted by molar-refractivity contribution is -0.126. The Hall–Kier alpha value is -4.32. The molecule has 13 heteroatoms. The third kappa shape index (κ3) is 4.60. The number of halogens is 2. The van der Waals surface area contributed by atoms with Gasteiger partial charge in [-0.25, -0.2) is 23.4 Å². The maximum atomic E-state index is 14.9. The van der Waals surface area contributed by atoms with Gasteiger partial charge in [0.25, 0.3) is 0 Å².